The predicted molar refractivity (Wildman–Crippen MR) is 82.3 cm³/mol. The van der Waals surface area contributed by atoms with Gasteiger partial charge in [-0.2, -0.15) is 0 Å². The first kappa shape index (κ1) is 14.7. The fraction of sp³-hybridized carbons (Fsp3) is 0.889. The van der Waals surface area contributed by atoms with E-state index in [1.807, 2.05) is 0 Å². The van der Waals surface area contributed by atoms with Gasteiger partial charge in [-0.25, -0.2) is 0 Å². The summed E-state index contributed by atoms with van der Waals surface area (Å²) in [6.45, 7) is 5.85. The van der Waals surface area contributed by atoms with Crippen molar-refractivity contribution in [2.24, 2.45) is 17.3 Å². The molecule has 2 aliphatic carbocycles. The van der Waals surface area contributed by atoms with Crippen LogP contribution >= 0.6 is 0 Å². The van der Waals surface area contributed by atoms with Gasteiger partial charge in [-0.05, 0) is 63.5 Å². The molecule has 0 bridgehead atoms. The van der Waals surface area contributed by atoms with Crippen molar-refractivity contribution in [3.63, 3.8) is 0 Å². The highest BCUT2D eigenvalue weighted by molar-refractivity contribution is 5.93. The highest BCUT2D eigenvalue weighted by atomic mass is 16.5. The van der Waals surface area contributed by atoms with Crippen LogP contribution in [0.1, 0.15) is 58.8 Å². The number of ether oxygens (including phenoxy) is 1. The van der Waals surface area contributed by atoms with Crippen molar-refractivity contribution in [1.29, 1.82) is 0 Å². The summed E-state index contributed by atoms with van der Waals surface area (Å²) in [5, 5.41) is 0. The molecule has 2 saturated heterocycles. The van der Waals surface area contributed by atoms with Crippen molar-refractivity contribution in [2.45, 2.75) is 70.4 Å². The lowest BCUT2D eigenvalue weighted by Gasteiger charge is -2.59. The summed E-state index contributed by atoms with van der Waals surface area (Å²) < 4.78 is 5.87. The van der Waals surface area contributed by atoms with E-state index < -0.39 is 0 Å². The Kier molecular flexibility index (Phi) is 3.20. The van der Waals surface area contributed by atoms with Crippen LogP contribution in [0, 0.1) is 17.3 Å². The molecular formula is C18H27NO3. The van der Waals surface area contributed by atoms with Gasteiger partial charge in [0.05, 0.1) is 5.54 Å². The molecule has 4 rings (SSSR count). The molecule has 0 aromatic heterocycles. The third-order valence-corrected chi connectivity index (χ3v) is 7.10. The topological polar surface area (TPSA) is 46.6 Å². The fourth-order valence-electron chi connectivity index (χ4n) is 6.66. The molecule has 2 aliphatic heterocycles. The van der Waals surface area contributed by atoms with Crippen LogP contribution in [0.3, 0.4) is 0 Å². The van der Waals surface area contributed by atoms with Crippen LogP contribution in [0.4, 0.5) is 0 Å². The molecule has 0 aromatic rings. The predicted octanol–water partition coefficient (Wildman–Crippen LogP) is 2.55. The van der Waals surface area contributed by atoms with Gasteiger partial charge in [0, 0.05) is 18.8 Å². The van der Waals surface area contributed by atoms with Crippen molar-refractivity contribution < 1.29 is 14.3 Å². The van der Waals surface area contributed by atoms with Crippen molar-refractivity contribution >= 4 is 11.8 Å². The standard InChI is InChI=1S/C18H27NO3/c1-12-9-14-11-15(21)18-6-4-8-19(18)7-3-5-17(14,18)16(10-12)22-13(2)20/h12,14,16H,3-11H2,1-2H3/t12-,14+,16+,17-,18+/m1/s1. The second-order valence-corrected chi connectivity index (χ2v) is 8.09. The van der Waals surface area contributed by atoms with Crippen LogP contribution in [0.25, 0.3) is 0 Å². The zero-order valence-electron chi connectivity index (χ0n) is 13.8. The monoisotopic (exact) mass is 305 g/mol. The number of rotatable bonds is 1. The Morgan fingerprint density at radius 2 is 1.95 bits per heavy atom. The van der Waals surface area contributed by atoms with E-state index in [4.69, 9.17) is 4.74 Å². The summed E-state index contributed by atoms with van der Waals surface area (Å²) in [6, 6.07) is 0. The minimum Gasteiger partial charge on any atom is -0.462 e. The van der Waals surface area contributed by atoms with Gasteiger partial charge in [0.15, 0.2) is 5.78 Å². The number of hydrogen-bond donors (Lipinski definition) is 0. The van der Waals surface area contributed by atoms with E-state index in [1.54, 1.807) is 0 Å². The van der Waals surface area contributed by atoms with Crippen molar-refractivity contribution in [1.82, 2.24) is 4.90 Å². The molecule has 2 heterocycles. The lowest BCUT2D eigenvalue weighted by atomic mass is 9.53. The van der Waals surface area contributed by atoms with Gasteiger partial charge in [0.25, 0.3) is 0 Å². The van der Waals surface area contributed by atoms with Crippen LogP contribution in [0.15, 0.2) is 0 Å². The average molecular weight is 305 g/mol. The van der Waals surface area contributed by atoms with Gasteiger partial charge in [-0.1, -0.05) is 6.92 Å². The van der Waals surface area contributed by atoms with E-state index in [9.17, 15) is 9.59 Å². The van der Waals surface area contributed by atoms with Crippen molar-refractivity contribution in [2.75, 3.05) is 13.1 Å². The number of piperidine rings is 1. The van der Waals surface area contributed by atoms with Gasteiger partial charge in [0.2, 0.25) is 0 Å². The Labute approximate surface area is 132 Å². The number of esters is 1. The molecule has 0 N–H and O–H groups in total. The summed E-state index contributed by atoms with van der Waals surface area (Å²) in [6.07, 6.45) is 6.99. The molecule has 5 atom stereocenters. The van der Waals surface area contributed by atoms with Crippen molar-refractivity contribution in [3.8, 4) is 0 Å². The van der Waals surface area contributed by atoms with Crippen LogP contribution in [0.5, 0.6) is 0 Å². The molecule has 4 nitrogen and oxygen atoms in total. The van der Waals surface area contributed by atoms with Gasteiger partial charge in [0.1, 0.15) is 6.10 Å². The summed E-state index contributed by atoms with van der Waals surface area (Å²) >= 11 is 0. The maximum absolute atomic E-state index is 13.1. The molecule has 4 aliphatic rings. The highest BCUT2D eigenvalue weighted by Crippen LogP contribution is 2.66. The number of hydrogen-bond acceptors (Lipinski definition) is 4. The van der Waals surface area contributed by atoms with E-state index in [0.29, 0.717) is 24.0 Å². The summed E-state index contributed by atoms with van der Waals surface area (Å²) in [4.78, 5) is 27.3. The Hall–Kier alpha value is -0.900. The van der Waals surface area contributed by atoms with Crippen molar-refractivity contribution in [3.05, 3.63) is 0 Å². The third-order valence-electron chi connectivity index (χ3n) is 7.10. The lowest BCUT2D eigenvalue weighted by molar-refractivity contribution is -0.188. The van der Waals surface area contributed by atoms with E-state index >= 15 is 0 Å². The molecular weight excluding hydrogens is 278 g/mol. The van der Waals surface area contributed by atoms with E-state index in [1.165, 1.54) is 6.92 Å². The molecule has 2 saturated carbocycles. The number of ketones is 1. The molecule has 0 radical (unpaired) electrons. The molecule has 0 amide bonds. The first-order valence-corrected chi connectivity index (χ1v) is 8.96. The SMILES string of the molecule is CC(=O)O[C@H]1C[C@H](C)C[C@H]2CC(=O)[C@]34CCCN3CCC[C@@]214. The molecule has 4 heteroatoms. The number of carbonyl (C=O) groups is 2. The van der Waals surface area contributed by atoms with E-state index in [2.05, 4.69) is 11.8 Å². The smallest absolute Gasteiger partial charge is 0.302 e. The second kappa shape index (κ2) is 4.80. The fourth-order valence-corrected chi connectivity index (χ4v) is 6.66. The van der Waals surface area contributed by atoms with Gasteiger partial charge in [-0.3, -0.25) is 14.5 Å². The number of nitrogens with zero attached hydrogens (tertiary/aromatic N) is 1. The molecule has 2 spiro atoms. The van der Waals surface area contributed by atoms with Crippen LogP contribution in [-0.2, 0) is 14.3 Å². The Balaban J connectivity index is 1.84. The average Bonchev–Trinajstić information content (AvgIpc) is 2.97. The lowest BCUT2D eigenvalue weighted by Crippen LogP contribution is -2.67. The third kappa shape index (κ3) is 1.62. The van der Waals surface area contributed by atoms with Crippen LogP contribution < -0.4 is 0 Å². The number of Topliss-reactive ketones (excluding diaryl/α,β-unsaturated/α-hetero) is 1. The Morgan fingerprint density at radius 3 is 2.68 bits per heavy atom. The second-order valence-electron chi connectivity index (χ2n) is 8.09. The van der Waals surface area contributed by atoms with Crippen LogP contribution in [-0.4, -0.2) is 41.4 Å². The van der Waals surface area contributed by atoms with Gasteiger partial charge in [-0.15, -0.1) is 0 Å². The first-order chi connectivity index (χ1) is 10.5. The maximum atomic E-state index is 13.1. The highest BCUT2D eigenvalue weighted by Gasteiger charge is 2.73. The zero-order chi connectivity index (χ0) is 15.5. The van der Waals surface area contributed by atoms with E-state index in [0.717, 1.165) is 51.6 Å². The molecule has 22 heavy (non-hydrogen) atoms. The van der Waals surface area contributed by atoms with E-state index in [-0.39, 0.29) is 23.0 Å². The molecule has 0 aromatic carbocycles. The Bertz CT molecular complexity index is 518. The quantitative estimate of drug-likeness (QED) is 0.699. The summed E-state index contributed by atoms with van der Waals surface area (Å²) in [5.74, 6) is 1.21. The minimum atomic E-state index is -0.309. The van der Waals surface area contributed by atoms with Gasteiger partial charge >= 0.3 is 5.97 Å². The normalized spacial score (nSPS) is 47.7. The first-order valence-electron chi connectivity index (χ1n) is 8.96. The number of carbonyl (C=O) groups excluding carboxylic acids is 2. The largest absolute Gasteiger partial charge is 0.462 e. The summed E-state index contributed by atoms with van der Waals surface area (Å²) in [7, 11) is 0. The maximum Gasteiger partial charge on any atom is 0.302 e. The molecule has 4 fully saturated rings. The summed E-state index contributed by atoms with van der Waals surface area (Å²) in [5.41, 5.74) is -0.410. The minimum absolute atomic E-state index is 0.0638. The Morgan fingerprint density at radius 1 is 1.23 bits per heavy atom. The molecule has 122 valence electrons. The van der Waals surface area contributed by atoms with Gasteiger partial charge < -0.3 is 4.74 Å². The van der Waals surface area contributed by atoms with Crippen LogP contribution in [0.2, 0.25) is 0 Å². The molecule has 0 unspecified atom stereocenters. The zero-order valence-corrected chi connectivity index (χ0v) is 13.8.